The molecule has 2 fully saturated rings. The normalized spacial score (nSPS) is 40.9. The van der Waals surface area contributed by atoms with Gasteiger partial charge in [-0.2, -0.15) is 0 Å². The lowest BCUT2D eigenvalue weighted by Gasteiger charge is -2.48. The maximum Gasteiger partial charge on any atom is 0.0563 e. The molecule has 2 heterocycles. The number of aliphatic hydroxyl groups excluding tert-OH is 1. The fourth-order valence-electron chi connectivity index (χ4n) is 2.00. The number of hydrogen-bond donors (Lipinski definition) is 2. The lowest BCUT2D eigenvalue weighted by atomic mass is 9.66. The second-order valence-electron chi connectivity index (χ2n) is 4.10. The summed E-state index contributed by atoms with van der Waals surface area (Å²) in [5.41, 5.74) is 0.285. The third kappa shape index (κ3) is 0.789. The maximum atomic E-state index is 9.23. The largest absolute Gasteiger partial charge is 0.396 e. The summed E-state index contributed by atoms with van der Waals surface area (Å²) >= 11 is 0. The summed E-state index contributed by atoms with van der Waals surface area (Å²) in [4.78, 5) is 0. The van der Waals surface area contributed by atoms with Crippen molar-refractivity contribution in [3.63, 3.8) is 0 Å². The third-order valence-corrected chi connectivity index (χ3v) is 3.36. The molecule has 0 amide bonds. The Morgan fingerprint density at radius 2 is 2.18 bits per heavy atom. The van der Waals surface area contributed by atoms with E-state index < -0.39 is 0 Å². The fourth-order valence-corrected chi connectivity index (χ4v) is 2.00. The van der Waals surface area contributed by atoms with Crippen LogP contribution in [0.5, 0.6) is 0 Å². The van der Waals surface area contributed by atoms with Crippen LogP contribution < -0.4 is 5.32 Å². The van der Waals surface area contributed by atoms with Crippen molar-refractivity contribution in [1.29, 1.82) is 0 Å². The van der Waals surface area contributed by atoms with E-state index in [1.165, 1.54) is 0 Å². The average molecular weight is 157 g/mol. The van der Waals surface area contributed by atoms with Crippen LogP contribution in [0.25, 0.3) is 0 Å². The van der Waals surface area contributed by atoms with Crippen LogP contribution in [-0.4, -0.2) is 38.0 Å². The highest BCUT2D eigenvalue weighted by Gasteiger charge is 2.56. The van der Waals surface area contributed by atoms with E-state index in [0.29, 0.717) is 0 Å². The molecule has 0 aliphatic carbocycles. The van der Waals surface area contributed by atoms with Crippen LogP contribution in [0.3, 0.4) is 0 Å². The van der Waals surface area contributed by atoms with Crippen LogP contribution in [0.2, 0.25) is 0 Å². The molecular weight excluding hydrogens is 142 g/mol. The number of rotatable bonds is 1. The molecule has 11 heavy (non-hydrogen) atoms. The van der Waals surface area contributed by atoms with Gasteiger partial charge in [-0.15, -0.1) is 0 Å². The molecule has 2 saturated heterocycles. The SMILES string of the molecule is C[C@]1(CO)CNCC12COC2. The molecule has 2 aliphatic rings. The Hall–Kier alpha value is -0.120. The first-order valence-electron chi connectivity index (χ1n) is 4.12. The summed E-state index contributed by atoms with van der Waals surface area (Å²) in [5.74, 6) is 0. The number of aliphatic hydroxyl groups is 1. The van der Waals surface area contributed by atoms with Crippen LogP contribution >= 0.6 is 0 Å². The molecule has 0 unspecified atom stereocenters. The first-order valence-corrected chi connectivity index (χ1v) is 4.12. The van der Waals surface area contributed by atoms with Gasteiger partial charge >= 0.3 is 0 Å². The molecular formula is C8H15NO2. The Kier molecular flexibility index (Phi) is 1.50. The standard InChI is InChI=1S/C8H15NO2/c1-7(4-10)2-9-3-8(7)5-11-6-8/h9-10H,2-6H2,1H3/t7-/m1/s1. The lowest BCUT2D eigenvalue weighted by Crippen LogP contribution is -2.55. The van der Waals surface area contributed by atoms with Gasteiger partial charge in [0.1, 0.15) is 0 Å². The van der Waals surface area contributed by atoms with Crippen LogP contribution in [0.1, 0.15) is 6.92 Å². The smallest absolute Gasteiger partial charge is 0.0563 e. The molecule has 1 spiro atoms. The molecule has 3 heteroatoms. The molecule has 0 aromatic heterocycles. The van der Waals surface area contributed by atoms with E-state index in [1.807, 2.05) is 0 Å². The minimum Gasteiger partial charge on any atom is -0.396 e. The molecule has 0 saturated carbocycles. The molecule has 0 bridgehead atoms. The van der Waals surface area contributed by atoms with Crippen molar-refractivity contribution in [3.8, 4) is 0 Å². The van der Waals surface area contributed by atoms with Crippen molar-refractivity contribution in [2.24, 2.45) is 10.8 Å². The Balaban J connectivity index is 2.19. The Labute approximate surface area is 66.7 Å². The minimum absolute atomic E-state index is 0.0469. The molecule has 2 N–H and O–H groups in total. The van der Waals surface area contributed by atoms with Gasteiger partial charge in [0.05, 0.1) is 19.8 Å². The molecule has 2 aliphatic heterocycles. The van der Waals surface area contributed by atoms with Crippen molar-refractivity contribution < 1.29 is 9.84 Å². The zero-order chi connectivity index (χ0) is 7.95. The van der Waals surface area contributed by atoms with Crippen LogP contribution in [0, 0.1) is 10.8 Å². The van der Waals surface area contributed by atoms with E-state index in [9.17, 15) is 5.11 Å². The van der Waals surface area contributed by atoms with Gasteiger partial charge in [0.2, 0.25) is 0 Å². The summed E-state index contributed by atoms with van der Waals surface area (Å²) in [6.45, 7) is 5.96. The van der Waals surface area contributed by atoms with Crippen molar-refractivity contribution in [1.82, 2.24) is 5.32 Å². The summed E-state index contributed by atoms with van der Waals surface area (Å²) in [6.07, 6.45) is 0. The van der Waals surface area contributed by atoms with Gasteiger partial charge in [0.25, 0.3) is 0 Å². The summed E-state index contributed by atoms with van der Waals surface area (Å²) < 4.78 is 5.21. The fraction of sp³-hybridized carbons (Fsp3) is 1.00. The summed E-state index contributed by atoms with van der Waals surface area (Å²) in [7, 11) is 0. The van der Waals surface area contributed by atoms with E-state index in [-0.39, 0.29) is 17.4 Å². The van der Waals surface area contributed by atoms with Crippen molar-refractivity contribution in [2.75, 3.05) is 32.9 Å². The van der Waals surface area contributed by atoms with Crippen LogP contribution in [0.15, 0.2) is 0 Å². The van der Waals surface area contributed by atoms with Crippen LogP contribution in [-0.2, 0) is 4.74 Å². The zero-order valence-corrected chi connectivity index (χ0v) is 6.89. The number of ether oxygens (including phenoxy) is 1. The molecule has 0 radical (unpaired) electrons. The second kappa shape index (κ2) is 2.19. The topological polar surface area (TPSA) is 41.5 Å². The monoisotopic (exact) mass is 157 g/mol. The Morgan fingerprint density at radius 3 is 2.55 bits per heavy atom. The van der Waals surface area contributed by atoms with Gasteiger partial charge in [0, 0.05) is 23.9 Å². The van der Waals surface area contributed by atoms with Gasteiger partial charge < -0.3 is 15.2 Å². The highest BCUT2D eigenvalue weighted by Crippen LogP contribution is 2.47. The van der Waals surface area contributed by atoms with Gasteiger partial charge in [-0.1, -0.05) is 6.92 Å². The summed E-state index contributed by atoms with van der Waals surface area (Å²) in [6, 6.07) is 0. The maximum absolute atomic E-state index is 9.23. The van der Waals surface area contributed by atoms with Crippen molar-refractivity contribution in [3.05, 3.63) is 0 Å². The first kappa shape index (κ1) is 7.53. The summed E-state index contributed by atoms with van der Waals surface area (Å²) in [5, 5.41) is 12.5. The lowest BCUT2D eigenvalue weighted by molar-refractivity contribution is -0.165. The van der Waals surface area contributed by atoms with E-state index in [0.717, 1.165) is 26.3 Å². The minimum atomic E-state index is 0.0469. The van der Waals surface area contributed by atoms with Gasteiger partial charge in [-0.3, -0.25) is 0 Å². The quantitative estimate of drug-likeness (QED) is 0.544. The molecule has 0 aromatic rings. The van der Waals surface area contributed by atoms with Gasteiger partial charge in [-0.25, -0.2) is 0 Å². The zero-order valence-electron chi connectivity index (χ0n) is 6.89. The van der Waals surface area contributed by atoms with Crippen molar-refractivity contribution in [2.45, 2.75) is 6.92 Å². The Bertz CT molecular complexity index is 158. The molecule has 64 valence electrons. The van der Waals surface area contributed by atoms with E-state index in [2.05, 4.69) is 12.2 Å². The second-order valence-corrected chi connectivity index (χ2v) is 4.10. The molecule has 1 atom stereocenters. The third-order valence-electron chi connectivity index (χ3n) is 3.36. The van der Waals surface area contributed by atoms with E-state index in [1.54, 1.807) is 0 Å². The van der Waals surface area contributed by atoms with Crippen molar-refractivity contribution >= 4 is 0 Å². The van der Waals surface area contributed by atoms with E-state index in [4.69, 9.17) is 4.74 Å². The highest BCUT2D eigenvalue weighted by molar-refractivity contribution is 5.06. The average Bonchev–Trinajstić information content (AvgIpc) is 2.27. The predicted molar refractivity (Wildman–Crippen MR) is 41.3 cm³/mol. The Morgan fingerprint density at radius 1 is 1.45 bits per heavy atom. The van der Waals surface area contributed by atoms with Gasteiger partial charge in [0.15, 0.2) is 0 Å². The van der Waals surface area contributed by atoms with Gasteiger partial charge in [-0.05, 0) is 0 Å². The molecule has 0 aromatic carbocycles. The van der Waals surface area contributed by atoms with Crippen LogP contribution in [0.4, 0.5) is 0 Å². The highest BCUT2D eigenvalue weighted by atomic mass is 16.5. The molecule has 2 rings (SSSR count). The number of nitrogens with one attached hydrogen (secondary N) is 1. The number of hydrogen-bond acceptors (Lipinski definition) is 3. The van der Waals surface area contributed by atoms with E-state index >= 15 is 0 Å². The molecule has 3 nitrogen and oxygen atoms in total. The predicted octanol–water partition coefficient (Wildman–Crippen LogP) is -0.395. The first-order chi connectivity index (χ1) is 5.22.